The molecule has 4 nitrogen and oxygen atoms in total. The Kier molecular flexibility index (Phi) is 6.19. The summed E-state index contributed by atoms with van der Waals surface area (Å²) < 4.78 is 33.1. The van der Waals surface area contributed by atoms with E-state index in [1.54, 1.807) is 58.2 Å². The highest BCUT2D eigenvalue weighted by Crippen LogP contribution is 2.33. The second-order valence-electron chi connectivity index (χ2n) is 7.48. The van der Waals surface area contributed by atoms with Crippen LogP contribution in [0.15, 0.2) is 42.6 Å². The van der Waals surface area contributed by atoms with Crippen LogP contribution in [-0.2, 0) is 10.7 Å². The van der Waals surface area contributed by atoms with Gasteiger partial charge in [0.05, 0.1) is 11.7 Å². The molecule has 27 heavy (non-hydrogen) atoms. The van der Waals surface area contributed by atoms with Gasteiger partial charge in [-0.15, -0.1) is 0 Å². The first kappa shape index (κ1) is 20.8. The van der Waals surface area contributed by atoms with Crippen molar-refractivity contribution in [2.24, 2.45) is 0 Å². The van der Waals surface area contributed by atoms with E-state index in [1.165, 1.54) is 19.1 Å². The molecule has 0 spiro atoms. The number of ether oxygens (including phenoxy) is 1. The number of alkyl carbamates (subject to hydrolysis) is 1. The quantitative estimate of drug-likeness (QED) is 0.713. The van der Waals surface area contributed by atoms with E-state index < -0.39 is 17.6 Å². The molecule has 0 saturated heterocycles. The minimum Gasteiger partial charge on any atom is -0.444 e. The molecule has 2 rings (SSSR count). The third kappa shape index (κ3) is 5.74. The normalized spacial score (nSPS) is 13.1. The fraction of sp³-hybridized carbons (Fsp3) is 0.429. The Labute approximate surface area is 159 Å². The molecule has 6 heteroatoms. The number of pyridine rings is 1. The van der Waals surface area contributed by atoms with Crippen molar-refractivity contribution in [3.05, 3.63) is 53.9 Å². The van der Waals surface area contributed by atoms with Gasteiger partial charge >= 0.3 is 6.09 Å². The minimum atomic E-state index is -2.85. The molecule has 0 radical (unpaired) electrons. The van der Waals surface area contributed by atoms with Gasteiger partial charge in [0.1, 0.15) is 5.60 Å². The molecule has 1 N–H and O–H groups in total. The number of halogens is 2. The van der Waals surface area contributed by atoms with E-state index in [2.05, 4.69) is 10.3 Å². The average molecular weight is 376 g/mol. The summed E-state index contributed by atoms with van der Waals surface area (Å²) in [4.78, 5) is 16.2. The maximum Gasteiger partial charge on any atom is 0.408 e. The van der Waals surface area contributed by atoms with Crippen LogP contribution in [0.25, 0.3) is 11.1 Å². The summed E-state index contributed by atoms with van der Waals surface area (Å²) in [7, 11) is 0. The highest BCUT2D eigenvalue weighted by atomic mass is 19.3. The van der Waals surface area contributed by atoms with Crippen molar-refractivity contribution in [2.45, 2.75) is 58.6 Å². The number of alkyl halides is 2. The molecule has 0 fully saturated rings. The predicted molar refractivity (Wildman–Crippen MR) is 102 cm³/mol. The van der Waals surface area contributed by atoms with Gasteiger partial charge in [0, 0.05) is 23.7 Å². The fourth-order valence-electron chi connectivity index (χ4n) is 2.52. The smallest absolute Gasteiger partial charge is 0.408 e. The number of hydrogen-bond acceptors (Lipinski definition) is 3. The lowest BCUT2D eigenvalue weighted by molar-refractivity contribution is -0.00825. The average Bonchev–Trinajstić information content (AvgIpc) is 2.60. The van der Waals surface area contributed by atoms with Gasteiger partial charge in [-0.2, -0.15) is 0 Å². The van der Waals surface area contributed by atoms with Crippen molar-refractivity contribution >= 4 is 6.09 Å². The third-order valence-electron chi connectivity index (χ3n) is 4.03. The van der Waals surface area contributed by atoms with Gasteiger partial charge < -0.3 is 10.1 Å². The van der Waals surface area contributed by atoms with E-state index >= 15 is 0 Å². The van der Waals surface area contributed by atoms with Gasteiger partial charge in [-0.25, -0.2) is 13.6 Å². The highest BCUT2D eigenvalue weighted by molar-refractivity contribution is 5.68. The molecule has 0 unspecified atom stereocenters. The van der Waals surface area contributed by atoms with Crippen molar-refractivity contribution in [1.82, 2.24) is 10.3 Å². The molecule has 1 atom stereocenters. The van der Waals surface area contributed by atoms with Crippen LogP contribution in [0.2, 0.25) is 0 Å². The molecule has 0 aliphatic heterocycles. The maximum absolute atomic E-state index is 13.9. The largest absolute Gasteiger partial charge is 0.444 e. The molecule has 1 aromatic carbocycles. The van der Waals surface area contributed by atoms with Crippen LogP contribution in [-0.4, -0.2) is 16.7 Å². The first-order valence-corrected chi connectivity index (χ1v) is 8.96. The van der Waals surface area contributed by atoms with Gasteiger partial charge in [-0.1, -0.05) is 31.2 Å². The van der Waals surface area contributed by atoms with E-state index in [-0.39, 0.29) is 18.0 Å². The number of carbonyl (C=O) groups is 1. The first-order valence-electron chi connectivity index (χ1n) is 8.96. The second kappa shape index (κ2) is 8.03. The molecule has 0 aliphatic carbocycles. The third-order valence-corrected chi connectivity index (χ3v) is 4.03. The zero-order valence-electron chi connectivity index (χ0n) is 16.3. The number of benzene rings is 1. The van der Waals surface area contributed by atoms with E-state index in [0.717, 1.165) is 5.56 Å². The van der Waals surface area contributed by atoms with Crippen molar-refractivity contribution in [1.29, 1.82) is 0 Å². The predicted octanol–water partition coefficient (Wildman–Crippen LogP) is 5.84. The molecule has 1 heterocycles. The zero-order valence-corrected chi connectivity index (χ0v) is 16.3. The Hall–Kier alpha value is -2.50. The Morgan fingerprint density at radius 1 is 1.19 bits per heavy atom. The van der Waals surface area contributed by atoms with Crippen LogP contribution in [0.4, 0.5) is 13.6 Å². The van der Waals surface area contributed by atoms with Crippen LogP contribution in [0.3, 0.4) is 0 Å². The summed E-state index contributed by atoms with van der Waals surface area (Å²) in [6, 6.07) is 9.54. The zero-order chi connectivity index (χ0) is 20.2. The summed E-state index contributed by atoms with van der Waals surface area (Å²) in [6.45, 7) is 8.64. The van der Waals surface area contributed by atoms with Gasteiger partial charge in [0.2, 0.25) is 0 Å². The number of nitrogens with one attached hydrogen (secondary N) is 1. The van der Waals surface area contributed by atoms with E-state index in [1.807, 2.05) is 0 Å². The van der Waals surface area contributed by atoms with E-state index in [9.17, 15) is 13.6 Å². The van der Waals surface area contributed by atoms with E-state index in [4.69, 9.17) is 4.74 Å². The van der Waals surface area contributed by atoms with Gasteiger partial charge in [-0.05, 0) is 45.4 Å². The standard InChI is InChI=1S/C21H26F2N2O2/c1-6-21(22,23)17-9-7-8-15(12-17)16-10-11-18(24-13-16)14(2)25-19(26)27-20(3,4)5/h7-14H,6H2,1-5H3,(H,25,26)/t14-/m0/s1. The summed E-state index contributed by atoms with van der Waals surface area (Å²) in [6.07, 6.45) is 0.850. The summed E-state index contributed by atoms with van der Waals surface area (Å²) in [5.74, 6) is -2.85. The van der Waals surface area contributed by atoms with Crippen LogP contribution in [0.1, 0.15) is 58.3 Å². The first-order chi connectivity index (χ1) is 12.5. The van der Waals surface area contributed by atoms with Gasteiger partial charge in [0.25, 0.3) is 5.92 Å². The SMILES string of the molecule is CCC(F)(F)c1cccc(-c2ccc([C@H](C)NC(=O)OC(C)(C)C)nc2)c1. The summed E-state index contributed by atoms with van der Waals surface area (Å²) >= 11 is 0. The molecular weight excluding hydrogens is 350 g/mol. The highest BCUT2D eigenvalue weighted by Gasteiger charge is 2.29. The number of nitrogens with zero attached hydrogens (tertiary/aromatic N) is 1. The van der Waals surface area contributed by atoms with Crippen LogP contribution in [0.5, 0.6) is 0 Å². The molecule has 146 valence electrons. The lowest BCUT2D eigenvalue weighted by Gasteiger charge is -2.21. The van der Waals surface area contributed by atoms with Crippen molar-refractivity contribution < 1.29 is 18.3 Å². The van der Waals surface area contributed by atoms with Crippen LogP contribution in [0, 0.1) is 0 Å². The van der Waals surface area contributed by atoms with Crippen molar-refractivity contribution in [2.75, 3.05) is 0 Å². The minimum absolute atomic E-state index is 0.00784. The Morgan fingerprint density at radius 2 is 1.89 bits per heavy atom. The lowest BCUT2D eigenvalue weighted by atomic mass is 9.99. The monoisotopic (exact) mass is 376 g/mol. The number of rotatable bonds is 5. The summed E-state index contributed by atoms with van der Waals surface area (Å²) in [5, 5.41) is 2.73. The number of hydrogen-bond donors (Lipinski definition) is 1. The molecule has 0 aliphatic rings. The second-order valence-corrected chi connectivity index (χ2v) is 7.48. The summed E-state index contributed by atoms with van der Waals surface area (Å²) in [5.41, 5.74) is 1.47. The molecule has 2 aromatic rings. The molecule has 1 aromatic heterocycles. The Bertz CT molecular complexity index is 784. The van der Waals surface area contributed by atoms with Gasteiger partial charge in [0.15, 0.2) is 0 Å². The topological polar surface area (TPSA) is 51.2 Å². The van der Waals surface area contributed by atoms with E-state index in [0.29, 0.717) is 11.3 Å². The number of carbonyl (C=O) groups excluding carboxylic acids is 1. The lowest BCUT2D eigenvalue weighted by Crippen LogP contribution is -2.34. The molecule has 1 amide bonds. The Morgan fingerprint density at radius 3 is 2.44 bits per heavy atom. The molecular formula is C21H26F2N2O2. The van der Waals surface area contributed by atoms with Crippen LogP contribution >= 0.6 is 0 Å². The molecule has 0 saturated carbocycles. The Balaban J connectivity index is 2.13. The fourth-order valence-corrected chi connectivity index (χ4v) is 2.52. The van der Waals surface area contributed by atoms with Crippen molar-refractivity contribution in [3.8, 4) is 11.1 Å². The van der Waals surface area contributed by atoms with Crippen LogP contribution < -0.4 is 5.32 Å². The number of amides is 1. The molecule has 0 bridgehead atoms. The van der Waals surface area contributed by atoms with Crippen molar-refractivity contribution in [3.63, 3.8) is 0 Å². The number of aromatic nitrogens is 1. The van der Waals surface area contributed by atoms with Gasteiger partial charge in [-0.3, -0.25) is 4.98 Å². The maximum atomic E-state index is 13.9.